The number of hydrogen-bond donors (Lipinski definition) is 4. The van der Waals surface area contributed by atoms with Gasteiger partial charge in [-0.2, -0.15) is 0 Å². The fraction of sp³-hybridized carbons (Fsp3) is 0.741. The average molecular weight is 1050 g/mol. The molecule has 6 amide bonds. The summed E-state index contributed by atoms with van der Waals surface area (Å²) in [5.41, 5.74) is 2.23. The molecule has 418 valence electrons. The van der Waals surface area contributed by atoms with Crippen molar-refractivity contribution in [2.75, 3.05) is 41.0 Å². The first-order valence-electron chi connectivity index (χ1n) is 28.3. The molecular weight excluding hydrogens is 957 g/mol. The molecule has 2 aliphatic heterocycles. The van der Waals surface area contributed by atoms with Crippen LogP contribution in [0.4, 0.5) is 4.79 Å². The zero-order valence-corrected chi connectivity index (χ0v) is 46.4. The van der Waals surface area contributed by atoms with Gasteiger partial charge in [0.2, 0.25) is 29.5 Å². The van der Waals surface area contributed by atoms with Gasteiger partial charge < -0.3 is 50.0 Å². The SMILES string of the molecule is CC[C@H](C)[C@@H]([C@@H](CC(=O)N1CCC[C@H]1[C@H](OC)[C@@H](C)C(=O)N[C@@H](Cc1ccccc1)C(=O)O)OC)N(C)C(=O)[C@@H](NC(=O)[C@@H]1[C@H]2CC[C@H](C2)N1C(=O)CCCCCNC(=O)OC[C@@H]1[C@@H]2CC/C(C)=C\CC[C@@H]21)C(C)C. The van der Waals surface area contributed by atoms with Crippen LogP contribution in [0.5, 0.6) is 0 Å². The summed E-state index contributed by atoms with van der Waals surface area (Å²) < 4.78 is 17.6. The quantitative estimate of drug-likeness (QED) is 0.0525. The number of alkyl carbamates (subject to hydrolysis) is 1. The molecule has 17 nitrogen and oxygen atoms in total. The zero-order chi connectivity index (χ0) is 54.5. The molecule has 0 radical (unpaired) electrons. The highest BCUT2D eigenvalue weighted by atomic mass is 16.5. The fourth-order valence-electron chi connectivity index (χ4n) is 13.1. The first kappa shape index (κ1) is 59.2. The molecule has 3 aliphatic carbocycles. The molecule has 2 bridgehead atoms. The van der Waals surface area contributed by atoms with Crippen molar-refractivity contribution in [3.05, 3.63) is 47.5 Å². The molecule has 0 spiro atoms. The predicted octanol–water partition coefficient (Wildman–Crippen LogP) is 6.91. The maximum Gasteiger partial charge on any atom is 0.407 e. The molecular formula is C58H90N6O11. The van der Waals surface area contributed by atoms with Crippen LogP contribution in [0.2, 0.25) is 0 Å². The fourth-order valence-corrected chi connectivity index (χ4v) is 13.1. The lowest BCUT2D eigenvalue weighted by atomic mass is 9.89. The largest absolute Gasteiger partial charge is 0.480 e. The number of fused-ring (bicyclic) bond motifs is 3. The van der Waals surface area contributed by atoms with Gasteiger partial charge in [0.05, 0.1) is 43.2 Å². The van der Waals surface area contributed by atoms with E-state index in [0.29, 0.717) is 76.0 Å². The Morgan fingerprint density at radius 3 is 2.29 bits per heavy atom. The van der Waals surface area contributed by atoms with Crippen molar-refractivity contribution in [1.82, 2.24) is 30.7 Å². The van der Waals surface area contributed by atoms with Gasteiger partial charge in [0.15, 0.2) is 0 Å². The van der Waals surface area contributed by atoms with E-state index in [-0.39, 0.29) is 66.4 Å². The number of hydrogen-bond acceptors (Lipinski definition) is 10. The van der Waals surface area contributed by atoms with E-state index in [1.165, 1.54) is 32.6 Å². The molecule has 17 heteroatoms. The summed E-state index contributed by atoms with van der Waals surface area (Å²) >= 11 is 0. The number of rotatable bonds is 27. The third-order valence-electron chi connectivity index (χ3n) is 17.6. The molecule has 0 unspecified atom stereocenters. The number of piperidine rings is 1. The van der Waals surface area contributed by atoms with E-state index in [1.807, 2.05) is 58.0 Å². The maximum absolute atomic E-state index is 14.8. The molecule has 4 fully saturated rings. The minimum atomic E-state index is -1.15. The second kappa shape index (κ2) is 27.8. The summed E-state index contributed by atoms with van der Waals surface area (Å²) in [6, 6.07) is 5.32. The van der Waals surface area contributed by atoms with Gasteiger partial charge in [-0.25, -0.2) is 9.59 Å². The van der Waals surface area contributed by atoms with Crippen LogP contribution in [0.25, 0.3) is 0 Å². The van der Waals surface area contributed by atoms with E-state index in [4.69, 9.17) is 14.2 Å². The lowest BCUT2D eigenvalue weighted by molar-refractivity contribution is -0.149. The summed E-state index contributed by atoms with van der Waals surface area (Å²) in [7, 11) is 4.72. The normalized spacial score (nSPS) is 26.5. The number of carbonyl (C=O) groups excluding carboxylic acids is 6. The van der Waals surface area contributed by atoms with Gasteiger partial charge in [0, 0.05) is 53.2 Å². The maximum atomic E-state index is 14.8. The Kier molecular flexibility index (Phi) is 22.0. The Morgan fingerprint density at radius 1 is 0.880 bits per heavy atom. The number of aliphatic carboxylic acids is 1. The van der Waals surface area contributed by atoms with Crippen molar-refractivity contribution in [3.63, 3.8) is 0 Å². The van der Waals surface area contributed by atoms with E-state index in [2.05, 4.69) is 29.0 Å². The number of nitrogens with one attached hydrogen (secondary N) is 3. The van der Waals surface area contributed by atoms with Crippen LogP contribution in [0.1, 0.15) is 143 Å². The number of carboxylic acid groups (broad SMARTS) is 1. The van der Waals surface area contributed by atoms with Crippen LogP contribution < -0.4 is 16.0 Å². The second-order valence-corrected chi connectivity index (χ2v) is 22.9. The summed E-state index contributed by atoms with van der Waals surface area (Å²) in [6.45, 7) is 13.1. The summed E-state index contributed by atoms with van der Waals surface area (Å²) in [4.78, 5) is 101. The lowest BCUT2D eigenvalue weighted by Gasteiger charge is -2.41. The van der Waals surface area contributed by atoms with Crippen molar-refractivity contribution >= 4 is 41.6 Å². The van der Waals surface area contributed by atoms with Crippen LogP contribution >= 0.6 is 0 Å². The molecule has 0 aromatic heterocycles. The average Bonchev–Trinajstić information content (AvgIpc) is 3.81. The molecule has 2 saturated carbocycles. The molecule has 2 heterocycles. The number of nitrogens with zero attached hydrogens (tertiary/aromatic N) is 3. The van der Waals surface area contributed by atoms with Gasteiger partial charge in [0.1, 0.15) is 18.1 Å². The van der Waals surface area contributed by atoms with E-state index >= 15 is 0 Å². The van der Waals surface area contributed by atoms with Crippen LogP contribution in [0.15, 0.2) is 42.0 Å². The van der Waals surface area contributed by atoms with Crippen molar-refractivity contribution in [2.24, 2.45) is 41.4 Å². The van der Waals surface area contributed by atoms with Gasteiger partial charge in [-0.3, -0.25) is 24.0 Å². The topological polar surface area (TPSA) is 213 Å². The molecule has 1 aromatic carbocycles. The Bertz CT molecular complexity index is 2140. The molecule has 6 rings (SSSR count). The summed E-state index contributed by atoms with van der Waals surface area (Å²) in [5, 5.41) is 18.7. The third-order valence-corrected chi connectivity index (χ3v) is 17.6. The second-order valence-electron chi connectivity index (χ2n) is 22.9. The number of likely N-dealkylation sites (N-methyl/N-ethyl adjacent to an activating group) is 1. The smallest absolute Gasteiger partial charge is 0.407 e. The molecule has 14 atom stereocenters. The standard InChI is InChI=1S/C58H90N6O11/c1-10-37(5)51(47(73-8)33-49(66)63-30-18-23-46(63)53(74-9)38(6)54(67)60-45(57(70)71)31-39-20-13-11-14-21-39)62(7)56(69)50(35(2)3)61-55(68)52-40-26-27-41(32-40)64(52)48(65)24-15-12-16-29-59-58(72)75-34-44-42-22-17-19-36(4)25-28-43(42)44/h11,13-14,19-21,35,37-38,40-47,50-53H,10,12,15-18,22-34H2,1-9H3,(H,59,72)(H,60,67)(H,61,68)(H,70,71)/b36-19-/t37-,38+,40-,41+,42-,43+,44-,45-,46-,47+,50-,51-,52-,53+/m0/s1. The number of unbranched alkanes of at least 4 members (excludes halogenated alkanes) is 2. The number of ether oxygens (including phenoxy) is 3. The van der Waals surface area contributed by atoms with Crippen LogP contribution in [0.3, 0.4) is 0 Å². The molecule has 4 N–H and O–H groups in total. The Hall–Kier alpha value is -5.03. The number of carbonyl (C=O) groups is 7. The summed E-state index contributed by atoms with van der Waals surface area (Å²) in [6.07, 6.45) is 11.9. The van der Waals surface area contributed by atoms with Crippen molar-refractivity contribution in [1.29, 1.82) is 0 Å². The highest BCUT2D eigenvalue weighted by molar-refractivity contribution is 5.93. The van der Waals surface area contributed by atoms with E-state index in [9.17, 15) is 38.7 Å². The van der Waals surface area contributed by atoms with Crippen LogP contribution in [0, 0.1) is 41.4 Å². The number of benzene rings is 1. The van der Waals surface area contributed by atoms with Crippen LogP contribution in [-0.2, 0) is 49.4 Å². The number of allylic oxidation sites excluding steroid dienone is 2. The number of likely N-dealkylation sites (tertiary alicyclic amines) is 2. The highest BCUT2D eigenvalue weighted by Crippen LogP contribution is 2.53. The monoisotopic (exact) mass is 1050 g/mol. The minimum absolute atomic E-state index is 0.00611. The number of carboxylic acids is 1. The highest BCUT2D eigenvalue weighted by Gasteiger charge is 2.52. The molecule has 2 saturated heterocycles. The predicted molar refractivity (Wildman–Crippen MR) is 285 cm³/mol. The Labute approximate surface area is 446 Å². The number of amides is 6. The van der Waals surface area contributed by atoms with Crippen molar-refractivity contribution < 1.29 is 52.9 Å². The molecule has 5 aliphatic rings. The summed E-state index contributed by atoms with van der Waals surface area (Å²) in [5.74, 6) is -1.97. The lowest BCUT2D eigenvalue weighted by Crippen LogP contribution is -2.60. The number of methoxy groups -OCH3 is 2. The van der Waals surface area contributed by atoms with Gasteiger partial charge in [-0.05, 0) is 119 Å². The van der Waals surface area contributed by atoms with Gasteiger partial charge in [-0.15, -0.1) is 0 Å². The minimum Gasteiger partial charge on any atom is -0.480 e. The van der Waals surface area contributed by atoms with Gasteiger partial charge in [0.25, 0.3) is 0 Å². The van der Waals surface area contributed by atoms with Crippen molar-refractivity contribution in [2.45, 2.75) is 193 Å². The van der Waals surface area contributed by atoms with E-state index in [0.717, 1.165) is 44.1 Å². The van der Waals surface area contributed by atoms with Crippen LogP contribution in [-0.4, -0.2) is 151 Å². The molecule has 75 heavy (non-hydrogen) atoms. The van der Waals surface area contributed by atoms with E-state index in [1.54, 1.807) is 28.7 Å². The third kappa shape index (κ3) is 15.1. The zero-order valence-electron chi connectivity index (χ0n) is 46.4. The van der Waals surface area contributed by atoms with Gasteiger partial charge >= 0.3 is 12.1 Å². The first-order valence-corrected chi connectivity index (χ1v) is 28.3. The molecule has 1 aromatic rings. The Balaban J connectivity index is 1.01. The van der Waals surface area contributed by atoms with Gasteiger partial charge in [-0.1, -0.05) is 89.4 Å². The Morgan fingerprint density at radius 2 is 1.61 bits per heavy atom. The van der Waals surface area contributed by atoms with E-state index < -0.39 is 60.2 Å². The first-order chi connectivity index (χ1) is 35.9. The van der Waals surface area contributed by atoms with Crippen molar-refractivity contribution in [3.8, 4) is 0 Å².